The maximum atomic E-state index is 12.8. The Morgan fingerprint density at radius 2 is 1.76 bits per heavy atom. The number of anilines is 1. The summed E-state index contributed by atoms with van der Waals surface area (Å²) in [6.07, 6.45) is -2.63. The number of halogens is 3. The summed E-state index contributed by atoms with van der Waals surface area (Å²) in [6, 6.07) is 11.2. The third kappa shape index (κ3) is 6.76. The summed E-state index contributed by atoms with van der Waals surface area (Å²) >= 11 is 0. The molecule has 1 fully saturated rings. The van der Waals surface area contributed by atoms with Gasteiger partial charge in [0.15, 0.2) is 0 Å². The lowest BCUT2D eigenvalue weighted by Crippen LogP contribution is -2.34. The third-order valence-corrected chi connectivity index (χ3v) is 6.25. The summed E-state index contributed by atoms with van der Waals surface area (Å²) in [5, 5.41) is 5.76. The van der Waals surface area contributed by atoms with Crippen LogP contribution in [0.25, 0.3) is 5.70 Å². The molecule has 0 aliphatic carbocycles. The van der Waals surface area contributed by atoms with Crippen LogP contribution in [-0.4, -0.2) is 56.1 Å². The normalized spacial score (nSPS) is 14.9. The number of hydrogen-bond acceptors (Lipinski definition) is 3. The van der Waals surface area contributed by atoms with E-state index < -0.39 is 11.7 Å². The van der Waals surface area contributed by atoms with E-state index in [9.17, 15) is 18.0 Å². The Hall–Kier alpha value is -3.00. The van der Waals surface area contributed by atoms with Crippen molar-refractivity contribution in [1.82, 2.24) is 15.1 Å². The molecule has 1 saturated heterocycles. The first-order valence-corrected chi connectivity index (χ1v) is 11.5. The average Bonchev–Trinajstić information content (AvgIpc) is 2.79. The zero-order chi connectivity index (χ0) is 24.9. The first-order chi connectivity index (χ1) is 16.0. The molecular weight excluding hydrogens is 441 g/mol. The SMILES string of the molecule is C=C(c1ccc(C)c(NC(=O)NCCN(C)C)c1)N1CCC(c2ccc(C(F)(F)F)cc2)CC1. The van der Waals surface area contributed by atoms with Crippen LogP contribution in [0.3, 0.4) is 0 Å². The van der Waals surface area contributed by atoms with Crippen molar-refractivity contribution < 1.29 is 18.0 Å². The second-order valence-electron chi connectivity index (χ2n) is 9.04. The number of alkyl halides is 3. The standard InChI is InChI=1S/C26H33F3N4O/c1-18-5-6-22(17-24(18)31-25(34)30-13-16-32(3)4)19(2)33-14-11-21(12-15-33)20-7-9-23(10-8-20)26(27,28)29/h5-10,17,21H,2,11-16H2,1,3-4H3,(H2,30,31,34). The fourth-order valence-electron chi connectivity index (χ4n) is 4.11. The van der Waals surface area contributed by atoms with Gasteiger partial charge in [-0.25, -0.2) is 4.79 Å². The number of likely N-dealkylation sites (N-methyl/N-ethyl adjacent to an activating group) is 1. The van der Waals surface area contributed by atoms with E-state index in [1.165, 1.54) is 0 Å². The van der Waals surface area contributed by atoms with Gasteiger partial charge in [-0.15, -0.1) is 0 Å². The van der Waals surface area contributed by atoms with E-state index in [0.29, 0.717) is 6.54 Å². The van der Waals surface area contributed by atoms with Crippen molar-refractivity contribution in [2.24, 2.45) is 0 Å². The molecule has 2 N–H and O–H groups in total. The molecule has 8 heteroatoms. The van der Waals surface area contributed by atoms with Crippen LogP contribution in [0.2, 0.25) is 0 Å². The van der Waals surface area contributed by atoms with E-state index in [0.717, 1.165) is 72.7 Å². The molecule has 0 aromatic heterocycles. The van der Waals surface area contributed by atoms with E-state index in [-0.39, 0.29) is 11.9 Å². The molecule has 0 bridgehead atoms. The second-order valence-corrected chi connectivity index (χ2v) is 9.04. The number of piperidine rings is 1. The van der Waals surface area contributed by atoms with E-state index in [1.807, 2.05) is 44.1 Å². The molecule has 184 valence electrons. The molecule has 3 rings (SSSR count). The van der Waals surface area contributed by atoms with Gasteiger partial charge in [0.2, 0.25) is 0 Å². The maximum absolute atomic E-state index is 12.8. The van der Waals surface area contributed by atoms with Gasteiger partial charge < -0.3 is 20.4 Å². The zero-order valence-electron chi connectivity index (χ0n) is 20.0. The van der Waals surface area contributed by atoms with Gasteiger partial charge in [0.05, 0.1) is 5.56 Å². The number of likely N-dealkylation sites (tertiary alicyclic amines) is 1. The average molecular weight is 475 g/mol. The highest BCUT2D eigenvalue weighted by Gasteiger charge is 2.30. The summed E-state index contributed by atoms with van der Waals surface area (Å²) < 4.78 is 38.5. The van der Waals surface area contributed by atoms with Crippen LogP contribution >= 0.6 is 0 Å². The van der Waals surface area contributed by atoms with Gasteiger partial charge in [0.1, 0.15) is 0 Å². The minimum Gasteiger partial charge on any atom is -0.371 e. The number of nitrogens with zero attached hydrogens (tertiary/aromatic N) is 2. The van der Waals surface area contributed by atoms with Crippen LogP contribution in [0.4, 0.5) is 23.7 Å². The van der Waals surface area contributed by atoms with E-state index >= 15 is 0 Å². The summed E-state index contributed by atoms with van der Waals surface area (Å²) in [4.78, 5) is 16.4. The first-order valence-electron chi connectivity index (χ1n) is 11.5. The number of nitrogens with one attached hydrogen (secondary N) is 2. The Morgan fingerprint density at radius 1 is 1.12 bits per heavy atom. The number of carbonyl (C=O) groups excluding carboxylic acids is 1. The number of benzene rings is 2. The quantitative estimate of drug-likeness (QED) is 0.553. The van der Waals surface area contributed by atoms with Crippen LogP contribution in [-0.2, 0) is 6.18 Å². The van der Waals surface area contributed by atoms with Crippen molar-refractivity contribution in [3.8, 4) is 0 Å². The Bertz CT molecular complexity index is 994. The van der Waals surface area contributed by atoms with Gasteiger partial charge in [-0.05, 0) is 74.7 Å². The number of urea groups is 1. The van der Waals surface area contributed by atoms with Crippen molar-refractivity contribution in [1.29, 1.82) is 0 Å². The molecule has 1 aliphatic heterocycles. The van der Waals surface area contributed by atoms with Crippen LogP contribution < -0.4 is 10.6 Å². The molecule has 0 radical (unpaired) electrons. The van der Waals surface area contributed by atoms with Crippen LogP contribution in [0, 0.1) is 6.92 Å². The lowest BCUT2D eigenvalue weighted by atomic mass is 9.88. The van der Waals surface area contributed by atoms with E-state index in [1.54, 1.807) is 12.1 Å². The van der Waals surface area contributed by atoms with Crippen LogP contribution in [0.15, 0.2) is 49.0 Å². The molecule has 0 atom stereocenters. The second kappa shape index (κ2) is 11.0. The minimum atomic E-state index is -4.31. The van der Waals surface area contributed by atoms with E-state index in [4.69, 9.17) is 0 Å². The smallest absolute Gasteiger partial charge is 0.371 e. The highest BCUT2D eigenvalue weighted by Crippen LogP contribution is 2.34. The van der Waals surface area contributed by atoms with Gasteiger partial charge >= 0.3 is 12.2 Å². The third-order valence-electron chi connectivity index (χ3n) is 6.25. The first kappa shape index (κ1) is 25.6. The predicted octanol–water partition coefficient (Wildman–Crippen LogP) is 5.55. The van der Waals surface area contributed by atoms with Crippen molar-refractivity contribution in [3.05, 3.63) is 71.3 Å². The Kier molecular flexibility index (Phi) is 8.25. The molecule has 1 heterocycles. The predicted molar refractivity (Wildman–Crippen MR) is 131 cm³/mol. The lowest BCUT2D eigenvalue weighted by molar-refractivity contribution is -0.137. The molecule has 1 aliphatic rings. The van der Waals surface area contributed by atoms with Crippen LogP contribution in [0.5, 0.6) is 0 Å². The molecule has 34 heavy (non-hydrogen) atoms. The molecular formula is C26H33F3N4O. The number of amides is 2. The van der Waals surface area contributed by atoms with Gasteiger partial charge in [-0.1, -0.05) is 30.8 Å². The van der Waals surface area contributed by atoms with Crippen molar-refractivity contribution in [2.45, 2.75) is 31.9 Å². The van der Waals surface area contributed by atoms with Gasteiger partial charge in [0.25, 0.3) is 0 Å². The van der Waals surface area contributed by atoms with Crippen LogP contribution in [0.1, 0.15) is 41.0 Å². The number of hydrogen-bond donors (Lipinski definition) is 2. The summed E-state index contributed by atoms with van der Waals surface area (Å²) in [5.74, 6) is 0.229. The molecule has 0 spiro atoms. The Labute approximate surface area is 199 Å². The largest absolute Gasteiger partial charge is 0.416 e. The molecule has 0 unspecified atom stereocenters. The van der Waals surface area contributed by atoms with Crippen molar-refractivity contribution >= 4 is 17.4 Å². The highest BCUT2D eigenvalue weighted by atomic mass is 19.4. The molecule has 2 aromatic carbocycles. The highest BCUT2D eigenvalue weighted by molar-refractivity contribution is 5.90. The maximum Gasteiger partial charge on any atom is 0.416 e. The summed E-state index contributed by atoms with van der Waals surface area (Å²) in [5.41, 5.74) is 3.84. The fraction of sp³-hybridized carbons (Fsp3) is 0.423. The van der Waals surface area contributed by atoms with E-state index in [2.05, 4.69) is 22.1 Å². The van der Waals surface area contributed by atoms with Crippen molar-refractivity contribution in [2.75, 3.05) is 45.6 Å². The monoisotopic (exact) mass is 474 g/mol. The van der Waals surface area contributed by atoms with Crippen molar-refractivity contribution in [3.63, 3.8) is 0 Å². The van der Waals surface area contributed by atoms with Gasteiger partial charge in [-0.2, -0.15) is 13.2 Å². The summed E-state index contributed by atoms with van der Waals surface area (Å²) in [7, 11) is 3.90. The van der Waals surface area contributed by atoms with Gasteiger partial charge in [0, 0.05) is 37.6 Å². The number of aryl methyl sites for hydroxylation is 1. The Morgan fingerprint density at radius 3 is 2.35 bits per heavy atom. The minimum absolute atomic E-state index is 0.229. The fourth-order valence-corrected chi connectivity index (χ4v) is 4.11. The topological polar surface area (TPSA) is 47.6 Å². The Balaban J connectivity index is 1.58. The molecule has 2 aromatic rings. The molecule has 5 nitrogen and oxygen atoms in total. The number of rotatable bonds is 7. The molecule has 2 amide bonds. The summed E-state index contributed by atoms with van der Waals surface area (Å²) in [6.45, 7) is 9.06. The number of carbonyl (C=O) groups is 1. The lowest BCUT2D eigenvalue weighted by Gasteiger charge is -2.35. The van der Waals surface area contributed by atoms with Gasteiger partial charge in [-0.3, -0.25) is 0 Å². The molecule has 0 saturated carbocycles. The zero-order valence-corrected chi connectivity index (χ0v) is 20.0.